The van der Waals surface area contributed by atoms with Crippen molar-refractivity contribution >= 4 is 11.3 Å². The van der Waals surface area contributed by atoms with E-state index in [0.717, 1.165) is 19.6 Å². The van der Waals surface area contributed by atoms with Crippen LogP contribution in [0, 0.1) is 0 Å². The van der Waals surface area contributed by atoms with Crippen LogP contribution in [0.4, 0.5) is 0 Å². The van der Waals surface area contributed by atoms with Gasteiger partial charge in [0, 0.05) is 17.6 Å². The topological polar surface area (TPSA) is 28.2 Å². The maximum atomic E-state index is 4.42. The van der Waals surface area contributed by atoms with Gasteiger partial charge in [-0.2, -0.15) is 0 Å². The molecule has 3 nitrogen and oxygen atoms in total. The predicted octanol–water partition coefficient (Wildman–Crippen LogP) is 2.31. The second kappa shape index (κ2) is 6.99. The van der Waals surface area contributed by atoms with E-state index in [0.29, 0.717) is 5.92 Å². The summed E-state index contributed by atoms with van der Waals surface area (Å²) in [5.41, 5.74) is 0. The van der Waals surface area contributed by atoms with Crippen LogP contribution in [0.15, 0.2) is 6.20 Å². The van der Waals surface area contributed by atoms with E-state index < -0.39 is 0 Å². The normalized spacial score (nSPS) is 11.6. The fourth-order valence-corrected chi connectivity index (χ4v) is 2.28. The molecule has 0 aliphatic carbocycles. The first kappa shape index (κ1) is 13.6. The molecule has 16 heavy (non-hydrogen) atoms. The Balaban J connectivity index is 2.17. The van der Waals surface area contributed by atoms with Gasteiger partial charge in [0.25, 0.3) is 0 Å². The smallest absolute Gasteiger partial charge is 0.107 e. The first-order chi connectivity index (χ1) is 7.59. The third-order valence-electron chi connectivity index (χ3n) is 2.38. The monoisotopic (exact) mass is 241 g/mol. The second-order valence-electron chi connectivity index (χ2n) is 4.64. The van der Waals surface area contributed by atoms with Crippen molar-refractivity contribution < 1.29 is 0 Å². The van der Waals surface area contributed by atoms with E-state index in [9.17, 15) is 0 Å². The molecule has 4 heteroatoms. The average molecular weight is 241 g/mol. The molecule has 1 aromatic rings. The molecule has 1 aromatic heterocycles. The van der Waals surface area contributed by atoms with Crippen molar-refractivity contribution in [2.24, 2.45) is 0 Å². The number of thiazole rings is 1. The third-order valence-corrected chi connectivity index (χ3v) is 3.67. The fourth-order valence-electron chi connectivity index (χ4n) is 1.39. The summed E-state index contributed by atoms with van der Waals surface area (Å²) in [7, 11) is 4.21. The number of rotatable bonds is 7. The summed E-state index contributed by atoms with van der Waals surface area (Å²) in [5.74, 6) is 0.597. The summed E-state index contributed by atoms with van der Waals surface area (Å²) in [6.07, 6.45) is 3.20. The molecule has 0 saturated carbocycles. The highest BCUT2D eigenvalue weighted by atomic mass is 32.1. The molecule has 0 aromatic carbocycles. The van der Waals surface area contributed by atoms with E-state index in [2.05, 4.69) is 43.1 Å². The van der Waals surface area contributed by atoms with Crippen LogP contribution in [0.3, 0.4) is 0 Å². The van der Waals surface area contributed by atoms with E-state index in [1.807, 2.05) is 17.5 Å². The zero-order chi connectivity index (χ0) is 12.0. The van der Waals surface area contributed by atoms with Crippen LogP contribution in [-0.4, -0.2) is 37.1 Å². The van der Waals surface area contributed by atoms with E-state index in [1.54, 1.807) is 0 Å². The van der Waals surface area contributed by atoms with E-state index in [1.165, 1.54) is 16.3 Å². The number of hydrogen-bond acceptors (Lipinski definition) is 4. The minimum atomic E-state index is 0.597. The molecule has 0 unspecified atom stereocenters. The van der Waals surface area contributed by atoms with Gasteiger partial charge in [0.2, 0.25) is 0 Å². The molecule has 0 spiro atoms. The Morgan fingerprint density at radius 3 is 2.75 bits per heavy atom. The molecule has 0 radical (unpaired) electrons. The van der Waals surface area contributed by atoms with Crippen LogP contribution in [0.25, 0.3) is 0 Å². The molecule has 1 heterocycles. The lowest BCUT2D eigenvalue weighted by atomic mass is 10.2. The Morgan fingerprint density at radius 1 is 1.44 bits per heavy atom. The van der Waals surface area contributed by atoms with Crippen molar-refractivity contribution in [1.82, 2.24) is 15.2 Å². The Bertz CT molecular complexity index is 294. The van der Waals surface area contributed by atoms with E-state index in [-0.39, 0.29) is 0 Å². The molecular formula is C12H23N3S. The van der Waals surface area contributed by atoms with Crippen molar-refractivity contribution in [1.29, 1.82) is 0 Å². The molecular weight excluding hydrogens is 218 g/mol. The Kier molecular flexibility index (Phi) is 5.95. The van der Waals surface area contributed by atoms with Crippen LogP contribution in [0.1, 0.15) is 36.1 Å². The molecule has 1 N–H and O–H groups in total. The highest BCUT2D eigenvalue weighted by Crippen LogP contribution is 2.21. The van der Waals surface area contributed by atoms with Crippen molar-refractivity contribution in [2.75, 3.05) is 27.2 Å². The second-order valence-corrected chi connectivity index (χ2v) is 5.79. The fraction of sp³-hybridized carbons (Fsp3) is 0.750. The Labute approximate surface area is 103 Å². The van der Waals surface area contributed by atoms with E-state index >= 15 is 0 Å². The minimum absolute atomic E-state index is 0.597. The van der Waals surface area contributed by atoms with Gasteiger partial charge < -0.3 is 10.2 Å². The summed E-state index contributed by atoms with van der Waals surface area (Å²) in [5, 5.41) is 4.63. The largest absolute Gasteiger partial charge is 0.310 e. The van der Waals surface area contributed by atoms with E-state index in [4.69, 9.17) is 0 Å². The van der Waals surface area contributed by atoms with Gasteiger partial charge >= 0.3 is 0 Å². The summed E-state index contributed by atoms with van der Waals surface area (Å²) >= 11 is 1.82. The maximum absolute atomic E-state index is 4.42. The molecule has 0 aliphatic heterocycles. The highest BCUT2D eigenvalue weighted by molar-refractivity contribution is 7.11. The molecule has 0 bridgehead atoms. The number of aromatic nitrogens is 1. The summed E-state index contributed by atoms with van der Waals surface area (Å²) in [6, 6.07) is 0. The standard InChI is InChI=1S/C12H23N3S/c1-10(2)11-8-14-12(16-11)9-13-6-5-7-15(3)4/h8,10,13H,5-7,9H2,1-4H3. The highest BCUT2D eigenvalue weighted by Gasteiger charge is 2.04. The van der Waals surface area contributed by atoms with Gasteiger partial charge in [-0.3, -0.25) is 0 Å². The zero-order valence-electron chi connectivity index (χ0n) is 10.8. The predicted molar refractivity (Wildman–Crippen MR) is 71.1 cm³/mol. The van der Waals surface area contributed by atoms with Gasteiger partial charge in [-0.15, -0.1) is 11.3 Å². The summed E-state index contributed by atoms with van der Waals surface area (Å²) in [4.78, 5) is 8.01. The maximum Gasteiger partial charge on any atom is 0.107 e. The Hall–Kier alpha value is -0.450. The van der Waals surface area contributed by atoms with Gasteiger partial charge in [-0.1, -0.05) is 13.8 Å². The van der Waals surface area contributed by atoms with Crippen LogP contribution in [0.2, 0.25) is 0 Å². The van der Waals surface area contributed by atoms with Gasteiger partial charge in [-0.25, -0.2) is 4.98 Å². The van der Waals surface area contributed by atoms with Gasteiger partial charge in [0.15, 0.2) is 0 Å². The molecule has 0 saturated heterocycles. The third kappa shape index (κ3) is 5.05. The van der Waals surface area contributed by atoms with Gasteiger partial charge in [0.1, 0.15) is 5.01 Å². The van der Waals surface area contributed by atoms with Gasteiger partial charge in [0.05, 0.1) is 0 Å². The lowest BCUT2D eigenvalue weighted by molar-refractivity contribution is 0.394. The molecule has 0 aliphatic rings. The van der Waals surface area contributed by atoms with Crippen LogP contribution >= 0.6 is 11.3 Å². The van der Waals surface area contributed by atoms with Crippen LogP contribution in [-0.2, 0) is 6.54 Å². The minimum Gasteiger partial charge on any atom is -0.310 e. The summed E-state index contributed by atoms with van der Waals surface area (Å²) < 4.78 is 0. The van der Waals surface area contributed by atoms with Crippen LogP contribution in [0.5, 0.6) is 0 Å². The molecule has 0 fully saturated rings. The lowest BCUT2D eigenvalue weighted by Gasteiger charge is -2.08. The van der Waals surface area contributed by atoms with Crippen molar-refractivity contribution in [3.63, 3.8) is 0 Å². The summed E-state index contributed by atoms with van der Waals surface area (Å²) in [6.45, 7) is 7.53. The number of nitrogens with zero attached hydrogens (tertiary/aromatic N) is 2. The number of nitrogens with one attached hydrogen (secondary N) is 1. The molecule has 0 atom stereocenters. The van der Waals surface area contributed by atoms with Crippen molar-refractivity contribution in [2.45, 2.75) is 32.7 Å². The SMILES string of the molecule is CC(C)c1cnc(CNCCCN(C)C)s1. The van der Waals surface area contributed by atoms with Crippen molar-refractivity contribution in [3.8, 4) is 0 Å². The average Bonchev–Trinajstić information content (AvgIpc) is 2.65. The van der Waals surface area contributed by atoms with Crippen molar-refractivity contribution in [3.05, 3.63) is 16.1 Å². The van der Waals surface area contributed by atoms with Crippen LogP contribution < -0.4 is 5.32 Å². The Morgan fingerprint density at radius 2 is 2.19 bits per heavy atom. The quantitative estimate of drug-likeness (QED) is 0.743. The number of hydrogen-bond donors (Lipinski definition) is 1. The zero-order valence-corrected chi connectivity index (χ0v) is 11.6. The first-order valence-corrected chi connectivity index (χ1v) is 6.71. The molecule has 92 valence electrons. The first-order valence-electron chi connectivity index (χ1n) is 5.89. The molecule has 1 rings (SSSR count). The van der Waals surface area contributed by atoms with Gasteiger partial charge in [-0.05, 0) is 39.5 Å². The molecule has 0 amide bonds. The lowest BCUT2D eigenvalue weighted by Crippen LogP contribution is -2.20.